The van der Waals surface area contributed by atoms with Crippen LogP contribution in [0.1, 0.15) is 15.9 Å². The summed E-state index contributed by atoms with van der Waals surface area (Å²) in [5, 5.41) is 6.01. The maximum atomic E-state index is 13.0. The third kappa shape index (κ3) is 4.27. The Morgan fingerprint density at radius 3 is 2.71 bits per heavy atom. The number of rotatable bonds is 5. The lowest BCUT2D eigenvalue weighted by molar-refractivity contribution is -0.122. The van der Waals surface area contributed by atoms with E-state index in [-0.39, 0.29) is 23.7 Å². The maximum Gasteiger partial charge on any atom is 0.255 e. The maximum absolute atomic E-state index is 13.0. The molecule has 9 nitrogen and oxygen atoms in total. The van der Waals surface area contributed by atoms with Gasteiger partial charge in [-0.25, -0.2) is 9.37 Å². The number of fused-ring (bicyclic) bond motifs is 3. The highest BCUT2D eigenvalue weighted by molar-refractivity contribution is 6.05. The summed E-state index contributed by atoms with van der Waals surface area (Å²) in [6.45, 7) is 1.97. The molecule has 5 rings (SSSR count). The summed E-state index contributed by atoms with van der Waals surface area (Å²) in [5.74, 6) is 0.454. The molecule has 0 radical (unpaired) electrons. The Morgan fingerprint density at radius 2 is 1.94 bits per heavy atom. The van der Waals surface area contributed by atoms with Crippen molar-refractivity contribution in [1.29, 1.82) is 0 Å². The fraction of sp³-hybridized carbons (Fsp3) is 0.250. The smallest absolute Gasteiger partial charge is 0.255 e. The van der Waals surface area contributed by atoms with Crippen molar-refractivity contribution in [1.82, 2.24) is 9.97 Å². The normalized spacial score (nSPS) is 17.1. The van der Waals surface area contributed by atoms with E-state index in [0.717, 1.165) is 5.56 Å². The van der Waals surface area contributed by atoms with E-state index in [0.29, 0.717) is 55.0 Å². The molecule has 0 bridgehead atoms. The standard InChI is InChI=1S/C24H23FN6O3/c1-30-19-13-27-24(29-21(19)31-10-11-34-14-20(31)23(30)33)26-12-15-2-8-18(9-3-15)28-22(32)16-4-6-17(25)7-5-16/h2-9,13,20H,10-12,14H2,1H3,(H,28,32)(H,26,27,29). The number of likely N-dealkylation sites (N-methyl/N-ethyl adjacent to an activating group) is 1. The quantitative estimate of drug-likeness (QED) is 0.601. The Morgan fingerprint density at radius 1 is 1.18 bits per heavy atom. The van der Waals surface area contributed by atoms with Crippen LogP contribution in [0.4, 0.5) is 27.5 Å². The summed E-state index contributed by atoms with van der Waals surface area (Å²) in [6.07, 6.45) is 1.66. The van der Waals surface area contributed by atoms with Gasteiger partial charge in [0.1, 0.15) is 17.5 Å². The third-order valence-corrected chi connectivity index (χ3v) is 5.90. The molecular weight excluding hydrogens is 439 g/mol. The third-order valence-electron chi connectivity index (χ3n) is 5.90. The number of amides is 2. The van der Waals surface area contributed by atoms with E-state index in [2.05, 4.69) is 20.6 Å². The number of carbonyl (C=O) groups is 2. The van der Waals surface area contributed by atoms with Gasteiger partial charge in [0.05, 0.1) is 19.4 Å². The van der Waals surface area contributed by atoms with Crippen LogP contribution in [-0.4, -0.2) is 54.6 Å². The average Bonchev–Trinajstić information content (AvgIpc) is 2.87. The first-order valence-electron chi connectivity index (χ1n) is 10.9. The molecule has 1 saturated heterocycles. The number of hydrogen-bond donors (Lipinski definition) is 2. The van der Waals surface area contributed by atoms with Crippen molar-refractivity contribution in [3.63, 3.8) is 0 Å². The molecule has 3 heterocycles. The van der Waals surface area contributed by atoms with E-state index in [1.807, 2.05) is 17.0 Å². The van der Waals surface area contributed by atoms with Gasteiger partial charge in [0.15, 0.2) is 5.82 Å². The zero-order chi connectivity index (χ0) is 23.7. The van der Waals surface area contributed by atoms with Crippen molar-refractivity contribution in [2.24, 2.45) is 0 Å². The second kappa shape index (κ2) is 9.06. The van der Waals surface area contributed by atoms with Crippen molar-refractivity contribution in [3.8, 4) is 0 Å². The minimum Gasteiger partial charge on any atom is -0.377 e. The van der Waals surface area contributed by atoms with Gasteiger partial charge in [-0.2, -0.15) is 4.98 Å². The predicted molar refractivity (Wildman–Crippen MR) is 126 cm³/mol. The molecule has 2 aliphatic rings. The molecule has 1 atom stereocenters. The van der Waals surface area contributed by atoms with Crippen molar-refractivity contribution in [2.75, 3.05) is 47.2 Å². The highest BCUT2D eigenvalue weighted by Gasteiger charge is 2.39. The Balaban J connectivity index is 1.24. The lowest BCUT2D eigenvalue weighted by atomic mass is 10.1. The largest absolute Gasteiger partial charge is 0.377 e. The predicted octanol–water partition coefficient (Wildman–Crippen LogP) is 2.66. The van der Waals surface area contributed by atoms with Gasteiger partial charge in [0, 0.05) is 31.4 Å². The van der Waals surface area contributed by atoms with Crippen molar-refractivity contribution < 1.29 is 18.7 Å². The van der Waals surface area contributed by atoms with Gasteiger partial charge in [-0.15, -0.1) is 0 Å². The average molecular weight is 462 g/mol. The number of carbonyl (C=O) groups excluding carboxylic acids is 2. The molecule has 3 aromatic rings. The molecule has 2 aliphatic heterocycles. The Kier molecular flexibility index (Phi) is 5.81. The molecule has 0 saturated carbocycles. The Hall–Kier alpha value is -4.05. The molecule has 0 aliphatic carbocycles. The number of ether oxygens (including phenoxy) is 1. The van der Waals surface area contributed by atoms with Crippen LogP contribution in [0.25, 0.3) is 0 Å². The zero-order valence-electron chi connectivity index (χ0n) is 18.5. The summed E-state index contributed by atoms with van der Waals surface area (Å²) in [6, 6.07) is 12.4. The van der Waals surface area contributed by atoms with Crippen LogP contribution in [-0.2, 0) is 16.1 Å². The van der Waals surface area contributed by atoms with Crippen molar-refractivity contribution in [2.45, 2.75) is 12.6 Å². The molecule has 1 fully saturated rings. The first-order valence-corrected chi connectivity index (χ1v) is 10.9. The SMILES string of the molecule is CN1C(=O)C2COCCN2c2nc(NCc3ccc(NC(=O)c4ccc(F)cc4)cc3)ncc21. The molecule has 174 valence electrons. The first-order chi connectivity index (χ1) is 16.5. The van der Waals surface area contributed by atoms with Crippen LogP contribution >= 0.6 is 0 Å². The van der Waals surface area contributed by atoms with E-state index in [4.69, 9.17) is 4.74 Å². The topological polar surface area (TPSA) is 99.7 Å². The van der Waals surface area contributed by atoms with Crippen LogP contribution in [0.5, 0.6) is 0 Å². The summed E-state index contributed by atoms with van der Waals surface area (Å²) in [7, 11) is 1.72. The molecule has 2 aromatic carbocycles. The summed E-state index contributed by atoms with van der Waals surface area (Å²) >= 11 is 0. The fourth-order valence-electron chi connectivity index (χ4n) is 4.00. The molecule has 1 aromatic heterocycles. The Bertz CT molecular complexity index is 1220. The monoisotopic (exact) mass is 462 g/mol. The van der Waals surface area contributed by atoms with E-state index < -0.39 is 0 Å². The van der Waals surface area contributed by atoms with E-state index in [9.17, 15) is 14.0 Å². The molecule has 1 unspecified atom stereocenters. The van der Waals surface area contributed by atoms with Gasteiger partial charge in [-0.3, -0.25) is 9.59 Å². The van der Waals surface area contributed by atoms with Gasteiger partial charge >= 0.3 is 0 Å². The first kappa shape index (κ1) is 21.8. The van der Waals surface area contributed by atoms with E-state index >= 15 is 0 Å². The number of anilines is 4. The number of aromatic nitrogens is 2. The number of nitrogens with zero attached hydrogens (tertiary/aromatic N) is 4. The molecule has 0 spiro atoms. The van der Waals surface area contributed by atoms with E-state index in [1.165, 1.54) is 24.3 Å². The van der Waals surface area contributed by atoms with Gasteiger partial charge < -0.3 is 25.2 Å². The second-order valence-corrected chi connectivity index (χ2v) is 8.10. The Labute approximate surface area is 195 Å². The van der Waals surface area contributed by atoms with Gasteiger partial charge in [0.2, 0.25) is 5.95 Å². The molecule has 10 heteroatoms. The number of nitrogens with one attached hydrogen (secondary N) is 2. The lowest BCUT2D eigenvalue weighted by Crippen LogP contribution is -2.58. The van der Waals surface area contributed by atoms with Crippen LogP contribution < -0.4 is 20.4 Å². The highest BCUT2D eigenvalue weighted by Crippen LogP contribution is 2.34. The van der Waals surface area contributed by atoms with Crippen LogP contribution in [0.3, 0.4) is 0 Å². The van der Waals surface area contributed by atoms with Crippen LogP contribution in [0, 0.1) is 5.82 Å². The minimum atomic E-state index is -0.387. The summed E-state index contributed by atoms with van der Waals surface area (Å²) in [4.78, 5) is 37.5. The van der Waals surface area contributed by atoms with Gasteiger partial charge in [-0.1, -0.05) is 12.1 Å². The summed E-state index contributed by atoms with van der Waals surface area (Å²) < 4.78 is 18.5. The van der Waals surface area contributed by atoms with Crippen molar-refractivity contribution in [3.05, 3.63) is 71.7 Å². The molecule has 2 amide bonds. The van der Waals surface area contributed by atoms with Crippen LogP contribution in [0.15, 0.2) is 54.7 Å². The summed E-state index contributed by atoms with van der Waals surface area (Å²) in [5.41, 5.74) is 2.66. The lowest BCUT2D eigenvalue weighted by Gasteiger charge is -2.42. The van der Waals surface area contributed by atoms with E-state index in [1.54, 1.807) is 30.3 Å². The van der Waals surface area contributed by atoms with Gasteiger partial charge in [-0.05, 0) is 42.0 Å². The fourth-order valence-corrected chi connectivity index (χ4v) is 4.00. The number of halogens is 1. The second-order valence-electron chi connectivity index (χ2n) is 8.10. The number of morpholine rings is 1. The van der Waals surface area contributed by atoms with Crippen LogP contribution in [0.2, 0.25) is 0 Å². The van der Waals surface area contributed by atoms with Crippen molar-refractivity contribution >= 4 is 35.0 Å². The molecule has 34 heavy (non-hydrogen) atoms. The number of benzene rings is 2. The molecular formula is C24H23FN6O3. The van der Waals surface area contributed by atoms with Gasteiger partial charge in [0.25, 0.3) is 11.8 Å². The number of hydrogen-bond acceptors (Lipinski definition) is 7. The minimum absolute atomic E-state index is 0.0249. The highest BCUT2D eigenvalue weighted by atomic mass is 19.1. The molecule has 2 N–H and O–H groups in total. The zero-order valence-corrected chi connectivity index (χ0v) is 18.5.